The lowest BCUT2D eigenvalue weighted by atomic mass is 10.2. The molecule has 0 saturated carbocycles. The Balaban J connectivity index is 2.02. The van der Waals surface area contributed by atoms with Crippen molar-refractivity contribution >= 4 is 21.6 Å². The number of allylic oxidation sites excluding steroid dienone is 10. The van der Waals surface area contributed by atoms with E-state index < -0.39 is 0 Å². The second kappa shape index (κ2) is 7.28. The van der Waals surface area contributed by atoms with E-state index in [-0.39, 0.29) is 0 Å². The Labute approximate surface area is 140 Å². The molecular weight excluding hydrogens is 334 g/mol. The lowest BCUT2D eigenvalue weighted by Crippen LogP contribution is -2.19. The van der Waals surface area contributed by atoms with Crippen molar-refractivity contribution in [2.45, 2.75) is 12.8 Å². The fraction of sp³-hybridized carbons (Fsp3) is 0.100. The monoisotopic (exact) mass is 351 g/mol. The van der Waals surface area contributed by atoms with Crippen molar-refractivity contribution in [1.29, 1.82) is 0 Å². The molecular formula is C20H18BrN. The summed E-state index contributed by atoms with van der Waals surface area (Å²) in [6.07, 6.45) is 21.3. The summed E-state index contributed by atoms with van der Waals surface area (Å²) in [7, 11) is 0. The third-order valence-electron chi connectivity index (χ3n) is 3.56. The van der Waals surface area contributed by atoms with E-state index in [0.717, 1.165) is 12.8 Å². The van der Waals surface area contributed by atoms with Gasteiger partial charge in [-0.25, -0.2) is 0 Å². The Hall–Kier alpha value is -2.06. The lowest BCUT2D eigenvalue weighted by molar-refractivity contribution is 1.11. The fourth-order valence-corrected chi connectivity index (χ4v) is 2.83. The van der Waals surface area contributed by atoms with Gasteiger partial charge in [-0.3, -0.25) is 0 Å². The van der Waals surface area contributed by atoms with Crippen LogP contribution in [0.5, 0.6) is 0 Å². The van der Waals surface area contributed by atoms with Crippen LogP contribution in [-0.2, 0) is 0 Å². The molecule has 0 heterocycles. The van der Waals surface area contributed by atoms with Gasteiger partial charge in [-0.2, -0.15) is 0 Å². The summed E-state index contributed by atoms with van der Waals surface area (Å²) in [4.78, 5) is 2.30. The number of anilines is 1. The first-order valence-electron chi connectivity index (χ1n) is 7.46. The highest BCUT2D eigenvalue weighted by Gasteiger charge is 2.14. The van der Waals surface area contributed by atoms with E-state index in [0.29, 0.717) is 0 Å². The second-order valence-electron chi connectivity index (χ2n) is 5.13. The maximum Gasteiger partial charge on any atom is 0.0461 e. The molecule has 0 amide bonds. The highest BCUT2D eigenvalue weighted by Crippen LogP contribution is 2.29. The molecule has 22 heavy (non-hydrogen) atoms. The third-order valence-corrected chi connectivity index (χ3v) is 4.15. The molecule has 1 nitrogen and oxygen atoms in total. The first kappa shape index (κ1) is 14.9. The van der Waals surface area contributed by atoms with Gasteiger partial charge in [0.25, 0.3) is 0 Å². The van der Waals surface area contributed by atoms with Crippen molar-refractivity contribution in [2.75, 3.05) is 4.90 Å². The van der Waals surface area contributed by atoms with Crippen molar-refractivity contribution in [1.82, 2.24) is 0 Å². The Morgan fingerprint density at radius 3 is 2.50 bits per heavy atom. The molecule has 0 atom stereocenters. The molecule has 0 spiro atoms. The van der Waals surface area contributed by atoms with Crippen LogP contribution in [0, 0.1) is 0 Å². The predicted molar refractivity (Wildman–Crippen MR) is 98.8 cm³/mol. The first-order chi connectivity index (χ1) is 10.8. The second-order valence-corrected chi connectivity index (χ2v) is 6.15. The normalized spacial score (nSPS) is 17.2. The van der Waals surface area contributed by atoms with Crippen LogP contribution in [0.25, 0.3) is 0 Å². The maximum absolute atomic E-state index is 3.59. The molecule has 0 aromatic heterocycles. The number of nitrogens with zero attached hydrogens (tertiary/aromatic N) is 1. The van der Waals surface area contributed by atoms with Crippen LogP contribution >= 0.6 is 15.9 Å². The SMILES string of the molecule is BrC1=CC=CC(N(C2=CCC=CC=C2)c2ccccc2)=CC1. The summed E-state index contributed by atoms with van der Waals surface area (Å²) in [5.74, 6) is 0. The Morgan fingerprint density at radius 1 is 0.864 bits per heavy atom. The van der Waals surface area contributed by atoms with E-state index in [9.17, 15) is 0 Å². The minimum Gasteiger partial charge on any atom is -0.311 e. The van der Waals surface area contributed by atoms with Crippen molar-refractivity contribution in [3.05, 3.63) is 101 Å². The average molecular weight is 352 g/mol. The molecule has 0 radical (unpaired) electrons. The summed E-state index contributed by atoms with van der Waals surface area (Å²) in [6.45, 7) is 0. The number of hydrogen-bond acceptors (Lipinski definition) is 1. The Morgan fingerprint density at radius 2 is 1.64 bits per heavy atom. The standard InChI is InChI=1S/C20H18BrN/c21-17-9-8-14-20(16-15-17)22(19-12-6-3-7-13-19)18-10-4-1-2-5-11-18/h1-4,6-14,16H,5,15H2. The maximum atomic E-state index is 3.59. The Bertz CT molecular complexity index is 702. The van der Waals surface area contributed by atoms with Crippen LogP contribution in [0.15, 0.2) is 101 Å². The highest BCUT2D eigenvalue weighted by molar-refractivity contribution is 9.11. The highest BCUT2D eigenvalue weighted by atomic mass is 79.9. The van der Waals surface area contributed by atoms with Gasteiger partial charge in [0.15, 0.2) is 0 Å². The van der Waals surface area contributed by atoms with Gasteiger partial charge in [-0.15, -0.1) is 0 Å². The molecule has 0 fully saturated rings. The van der Waals surface area contributed by atoms with Gasteiger partial charge in [0.05, 0.1) is 0 Å². The van der Waals surface area contributed by atoms with Crippen molar-refractivity contribution < 1.29 is 0 Å². The molecule has 2 heteroatoms. The third kappa shape index (κ3) is 3.58. The van der Waals surface area contributed by atoms with Crippen molar-refractivity contribution in [3.8, 4) is 0 Å². The molecule has 1 aromatic rings. The largest absolute Gasteiger partial charge is 0.311 e. The number of benzene rings is 1. The number of rotatable bonds is 3. The zero-order valence-corrected chi connectivity index (χ0v) is 13.9. The summed E-state index contributed by atoms with van der Waals surface area (Å²) in [6, 6.07) is 10.5. The molecule has 0 aliphatic heterocycles. The van der Waals surface area contributed by atoms with E-state index in [1.165, 1.54) is 21.6 Å². The van der Waals surface area contributed by atoms with E-state index in [4.69, 9.17) is 0 Å². The zero-order valence-electron chi connectivity index (χ0n) is 12.3. The van der Waals surface area contributed by atoms with Crippen LogP contribution < -0.4 is 4.90 Å². The topological polar surface area (TPSA) is 3.24 Å². The van der Waals surface area contributed by atoms with Gasteiger partial charge >= 0.3 is 0 Å². The van der Waals surface area contributed by atoms with Crippen LogP contribution in [0.2, 0.25) is 0 Å². The quantitative estimate of drug-likeness (QED) is 0.643. The van der Waals surface area contributed by atoms with Gasteiger partial charge in [0.2, 0.25) is 0 Å². The van der Waals surface area contributed by atoms with Crippen molar-refractivity contribution in [3.63, 3.8) is 0 Å². The summed E-state index contributed by atoms with van der Waals surface area (Å²) >= 11 is 3.59. The molecule has 0 bridgehead atoms. The first-order valence-corrected chi connectivity index (χ1v) is 8.25. The van der Waals surface area contributed by atoms with Gasteiger partial charge in [0, 0.05) is 17.1 Å². The van der Waals surface area contributed by atoms with Crippen LogP contribution in [0.1, 0.15) is 12.8 Å². The molecule has 3 rings (SSSR count). The predicted octanol–water partition coefficient (Wildman–Crippen LogP) is 6.02. The van der Waals surface area contributed by atoms with Gasteiger partial charge in [-0.05, 0) is 41.6 Å². The van der Waals surface area contributed by atoms with E-state index in [1.54, 1.807) is 0 Å². The van der Waals surface area contributed by atoms with Gasteiger partial charge in [0.1, 0.15) is 0 Å². The minimum absolute atomic E-state index is 0.904. The van der Waals surface area contributed by atoms with E-state index in [1.807, 2.05) is 0 Å². The van der Waals surface area contributed by atoms with Crippen LogP contribution in [0.3, 0.4) is 0 Å². The van der Waals surface area contributed by atoms with Crippen molar-refractivity contribution in [2.24, 2.45) is 0 Å². The molecule has 0 saturated heterocycles. The van der Waals surface area contributed by atoms with Gasteiger partial charge in [-0.1, -0.05) is 76.7 Å². The van der Waals surface area contributed by atoms with E-state index >= 15 is 0 Å². The average Bonchev–Trinajstić information content (AvgIpc) is 2.93. The molecule has 2 aliphatic carbocycles. The molecule has 0 unspecified atom stereocenters. The number of hydrogen-bond donors (Lipinski definition) is 0. The smallest absolute Gasteiger partial charge is 0.0461 e. The van der Waals surface area contributed by atoms with E-state index in [2.05, 4.69) is 106 Å². The minimum atomic E-state index is 0.904. The molecule has 2 aliphatic rings. The summed E-state index contributed by atoms with van der Waals surface area (Å²) < 4.78 is 1.19. The molecule has 110 valence electrons. The number of halogens is 1. The Kier molecular flexibility index (Phi) is 4.92. The van der Waals surface area contributed by atoms with Crippen LogP contribution in [0.4, 0.5) is 5.69 Å². The molecule has 1 aromatic carbocycles. The number of para-hydroxylation sites is 1. The molecule has 0 N–H and O–H groups in total. The summed E-state index contributed by atoms with van der Waals surface area (Å²) in [5, 5.41) is 0. The fourth-order valence-electron chi connectivity index (χ4n) is 2.51. The summed E-state index contributed by atoms with van der Waals surface area (Å²) in [5.41, 5.74) is 3.56. The lowest BCUT2D eigenvalue weighted by Gasteiger charge is -2.27. The van der Waals surface area contributed by atoms with Crippen LogP contribution in [-0.4, -0.2) is 0 Å². The van der Waals surface area contributed by atoms with Gasteiger partial charge < -0.3 is 4.90 Å². The zero-order chi connectivity index (χ0) is 15.2.